The van der Waals surface area contributed by atoms with Crippen molar-refractivity contribution in [1.29, 1.82) is 0 Å². The predicted octanol–water partition coefficient (Wildman–Crippen LogP) is 1.89. The molecule has 0 amide bonds. The van der Waals surface area contributed by atoms with Crippen molar-refractivity contribution in [1.82, 2.24) is 0 Å². The Morgan fingerprint density at radius 2 is 2.06 bits per heavy atom. The van der Waals surface area contributed by atoms with Crippen molar-refractivity contribution in [2.24, 2.45) is 10.2 Å². The van der Waals surface area contributed by atoms with Crippen LogP contribution in [0.15, 0.2) is 46.6 Å². The molecule has 0 fully saturated rings. The fourth-order valence-electron chi connectivity index (χ4n) is 1.28. The number of aliphatic imine (C=N–C) groups is 1. The average molecular weight is 207 g/mol. The second-order valence-electron chi connectivity index (χ2n) is 3.26. The van der Waals surface area contributed by atoms with Crippen molar-refractivity contribution in [3.05, 3.63) is 52.5 Å². The van der Waals surface area contributed by atoms with Gasteiger partial charge in [-0.25, -0.2) is 0 Å². The Balaban J connectivity index is 2.07. The van der Waals surface area contributed by atoms with Gasteiger partial charge in [0.25, 0.3) is 0 Å². The number of nitroso groups, excluding NO2 is 1. The van der Waals surface area contributed by atoms with Crippen LogP contribution in [0.5, 0.6) is 0 Å². The lowest BCUT2D eigenvalue weighted by atomic mass is 9.75. The van der Waals surface area contributed by atoms with Crippen LogP contribution in [0.2, 0.25) is 0 Å². The third-order valence-corrected chi connectivity index (χ3v) is 2.09. The average Bonchev–Trinajstić information content (AvgIpc) is 2.82. The van der Waals surface area contributed by atoms with E-state index < -0.39 is 0 Å². The first-order valence-corrected chi connectivity index (χ1v) is 4.86. The van der Waals surface area contributed by atoms with E-state index in [1.54, 1.807) is 6.20 Å². The Morgan fingerprint density at radius 1 is 1.25 bits per heavy atom. The lowest BCUT2D eigenvalue weighted by Gasteiger charge is -1.93. The molecule has 3 nitrogen and oxygen atoms in total. The van der Waals surface area contributed by atoms with Crippen molar-refractivity contribution in [3.8, 4) is 11.8 Å². The summed E-state index contributed by atoms with van der Waals surface area (Å²) >= 11 is 0. The summed E-state index contributed by atoms with van der Waals surface area (Å²) in [4.78, 5) is 14.1. The highest BCUT2D eigenvalue weighted by atomic mass is 16.3. The fraction of sp³-hybridized carbons (Fsp3) is 0.0833. The van der Waals surface area contributed by atoms with Gasteiger partial charge in [0.05, 0.1) is 0 Å². The summed E-state index contributed by atoms with van der Waals surface area (Å²) < 4.78 is 0. The van der Waals surface area contributed by atoms with Crippen LogP contribution in [0.25, 0.3) is 0 Å². The van der Waals surface area contributed by atoms with Gasteiger partial charge >= 0.3 is 0 Å². The SMILES string of the molecule is O=NCc1ccc(C#CC2=NC=C[B]2)cc1. The first kappa shape index (κ1) is 10.4. The van der Waals surface area contributed by atoms with Crippen molar-refractivity contribution in [2.75, 3.05) is 0 Å². The van der Waals surface area contributed by atoms with Gasteiger partial charge in [0, 0.05) is 17.4 Å². The van der Waals surface area contributed by atoms with Gasteiger partial charge in [-0.15, -0.1) is 0 Å². The summed E-state index contributed by atoms with van der Waals surface area (Å²) in [6.07, 6.45) is 1.71. The molecule has 2 rings (SSSR count). The minimum atomic E-state index is 0.206. The van der Waals surface area contributed by atoms with Crippen LogP contribution in [0.3, 0.4) is 0 Å². The Labute approximate surface area is 94.5 Å². The van der Waals surface area contributed by atoms with Crippen LogP contribution in [0, 0.1) is 16.7 Å². The molecule has 1 aromatic rings. The normalized spacial score (nSPS) is 12.4. The molecule has 1 aliphatic heterocycles. The van der Waals surface area contributed by atoms with Crippen LogP contribution in [0.4, 0.5) is 0 Å². The number of benzene rings is 1. The third-order valence-electron chi connectivity index (χ3n) is 2.09. The standard InChI is InChI=1S/C12H8BN2O/c16-15-9-11-3-1-10(2-4-11)5-6-12-13-7-8-14-12/h1-4,7-8H,9H2. The fourth-order valence-corrected chi connectivity index (χ4v) is 1.28. The Bertz CT molecular complexity index is 506. The summed E-state index contributed by atoms with van der Waals surface area (Å²) in [5.74, 6) is 7.79. The van der Waals surface area contributed by atoms with Crippen molar-refractivity contribution in [2.45, 2.75) is 6.54 Å². The Morgan fingerprint density at radius 3 is 2.69 bits per heavy atom. The Kier molecular flexibility index (Phi) is 3.30. The topological polar surface area (TPSA) is 41.8 Å². The highest BCUT2D eigenvalue weighted by Gasteiger charge is 1.97. The molecule has 0 aromatic heterocycles. The second kappa shape index (κ2) is 5.08. The Hall–Kier alpha value is -2.15. The molecule has 1 heterocycles. The monoisotopic (exact) mass is 207 g/mol. The van der Waals surface area contributed by atoms with Crippen LogP contribution in [0.1, 0.15) is 11.1 Å². The van der Waals surface area contributed by atoms with Crippen molar-refractivity contribution >= 4 is 12.9 Å². The number of nitrogens with zero attached hydrogens (tertiary/aromatic N) is 2. The first-order chi connectivity index (χ1) is 7.88. The number of hydrogen-bond acceptors (Lipinski definition) is 3. The molecule has 0 bridgehead atoms. The van der Waals surface area contributed by atoms with Crippen molar-refractivity contribution in [3.63, 3.8) is 0 Å². The van der Waals surface area contributed by atoms with E-state index in [0.717, 1.165) is 16.7 Å². The lowest BCUT2D eigenvalue weighted by molar-refractivity contribution is 1.05. The summed E-state index contributed by atoms with van der Waals surface area (Å²) in [5.41, 5.74) is 2.56. The van der Waals surface area contributed by atoms with Crippen molar-refractivity contribution < 1.29 is 0 Å². The lowest BCUT2D eigenvalue weighted by Crippen LogP contribution is -1.98. The van der Waals surface area contributed by atoms with Crippen LogP contribution < -0.4 is 0 Å². The molecule has 4 heteroatoms. The zero-order valence-corrected chi connectivity index (χ0v) is 8.55. The van der Waals surface area contributed by atoms with Crippen LogP contribution in [-0.4, -0.2) is 12.9 Å². The molecule has 0 atom stereocenters. The molecule has 75 valence electrons. The molecule has 0 saturated heterocycles. The molecule has 1 aliphatic rings. The first-order valence-electron chi connectivity index (χ1n) is 4.86. The van der Waals surface area contributed by atoms with E-state index in [-0.39, 0.29) is 6.54 Å². The van der Waals surface area contributed by atoms with Crippen LogP contribution >= 0.6 is 0 Å². The van der Waals surface area contributed by atoms with Gasteiger partial charge in [0.15, 0.2) is 0 Å². The van der Waals surface area contributed by atoms with Gasteiger partial charge in [0.2, 0.25) is 7.28 Å². The van der Waals surface area contributed by atoms with Gasteiger partial charge in [-0.05, 0) is 17.7 Å². The highest BCUT2D eigenvalue weighted by Crippen LogP contribution is 2.04. The van der Waals surface area contributed by atoms with E-state index in [0.29, 0.717) is 0 Å². The van der Waals surface area contributed by atoms with E-state index in [1.165, 1.54) is 0 Å². The van der Waals surface area contributed by atoms with E-state index in [4.69, 9.17) is 0 Å². The molecular formula is C12H8BN2O. The van der Waals surface area contributed by atoms with E-state index in [9.17, 15) is 4.91 Å². The molecule has 1 aromatic carbocycles. The molecule has 0 aliphatic carbocycles. The summed E-state index contributed by atoms with van der Waals surface area (Å²) in [7, 11) is 1.86. The summed E-state index contributed by atoms with van der Waals surface area (Å²) in [6.45, 7) is 0.206. The van der Waals surface area contributed by atoms with E-state index >= 15 is 0 Å². The maximum absolute atomic E-state index is 10.1. The van der Waals surface area contributed by atoms with Gasteiger partial charge < -0.3 is 0 Å². The quantitative estimate of drug-likeness (QED) is 0.414. The summed E-state index contributed by atoms with van der Waals surface area (Å²) in [5, 5.41) is 2.83. The molecule has 0 N–H and O–H groups in total. The van der Waals surface area contributed by atoms with Crippen LogP contribution in [-0.2, 0) is 6.54 Å². The number of hydrogen-bond donors (Lipinski definition) is 0. The number of rotatable bonds is 2. The zero-order chi connectivity index (χ0) is 11.2. The molecule has 0 saturated carbocycles. The molecule has 0 spiro atoms. The molecule has 1 radical (unpaired) electrons. The summed E-state index contributed by atoms with van der Waals surface area (Å²) in [6, 6.07) is 7.45. The van der Waals surface area contributed by atoms with Gasteiger partial charge in [-0.1, -0.05) is 35.1 Å². The minimum absolute atomic E-state index is 0.206. The van der Waals surface area contributed by atoms with E-state index in [2.05, 4.69) is 22.0 Å². The van der Waals surface area contributed by atoms with Gasteiger partial charge in [0.1, 0.15) is 6.54 Å². The molecule has 0 unspecified atom stereocenters. The highest BCUT2D eigenvalue weighted by molar-refractivity contribution is 6.83. The third kappa shape index (κ3) is 2.67. The van der Waals surface area contributed by atoms with E-state index in [1.807, 2.05) is 37.5 Å². The maximum atomic E-state index is 10.1. The largest absolute Gasteiger partial charge is 0.264 e. The van der Waals surface area contributed by atoms with Gasteiger partial charge in [-0.3, -0.25) is 4.99 Å². The smallest absolute Gasteiger partial charge is 0.220 e. The molecule has 16 heavy (non-hydrogen) atoms. The van der Waals surface area contributed by atoms with Gasteiger partial charge in [-0.2, -0.15) is 4.91 Å². The minimum Gasteiger partial charge on any atom is -0.264 e. The zero-order valence-electron chi connectivity index (χ0n) is 8.55. The predicted molar refractivity (Wildman–Crippen MR) is 65.1 cm³/mol. The second-order valence-corrected chi connectivity index (χ2v) is 3.26. The maximum Gasteiger partial charge on any atom is 0.220 e. The molecular weight excluding hydrogens is 199 g/mol.